The molecular weight excluding hydrogens is 318 g/mol. The maximum absolute atomic E-state index is 12.7. The fraction of sp³-hybridized carbons (Fsp3) is 0.647. The Labute approximate surface area is 147 Å². The highest BCUT2D eigenvalue weighted by molar-refractivity contribution is 5.76. The van der Waals surface area contributed by atoms with Gasteiger partial charge in [-0.05, 0) is 25.7 Å². The average molecular weight is 343 g/mol. The van der Waals surface area contributed by atoms with Gasteiger partial charge in [0.25, 0.3) is 0 Å². The largest absolute Gasteiger partial charge is 0.348 e. The van der Waals surface area contributed by atoms with Crippen LogP contribution in [-0.2, 0) is 17.9 Å². The fourth-order valence-corrected chi connectivity index (χ4v) is 4.07. The van der Waals surface area contributed by atoms with Gasteiger partial charge in [-0.15, -0.1) is 0 Å². The number of carbonyl (C=O) groups excluding carboxylic acids is 1. The minimum Gasteiger partial charge on any atom is -0.348 e. The minimum atomic E-state index is 0.239. The van der Waals surface area contributed by atoms with E-state index in [9.17, 15) is 4.79 Å². The fourth-order valence-electron chi connectivity index (χ4n) is 4.07. The molecular formula is C17H25N7O. The summed E-state index contributed by atoms with van der Waals surface area (Å²) in [7, 11) is 0. The Morgan fingerprint density at radius 3 is 3.00 bits per heavy atom. The van der Waals surface area contributed by atoms with E-state index in [1.807, 2.05) is 0 Å². The van der Waals surface area contributed by atoms with Crippen LogP contribution in [0.1, 0.15) is 30.7 Å². The molecule has 0 aliphatic carbocycles. The number of hydrogen-bond acceptors (Lipinski definition) is 5. The molecule has 0 aromatic carbocycles. The van der Waals surface area contributed by atoms with Gasteiger partial charge >= 0.3 is 0 Å². The molecule has 2 aromatic rings. The molecule has 1 N–H and O–H groups in total. The first-order valence-corrected chi connectivity index (χ1v) is 9.02. The van der Waals surface area contributed by atoms with Crippen LogP contribution >= 0.6 is 0 Å². The highest BCUT2D eigenvalue weighted by Crippen LogP contribution is 2.29. The van der Waals surface area contributed by atoms with Gasteiger partial charge in [-0.25, -0.2) is 9.97 Å². The Kier molecular flexibility index (Phi) is 4.52. The first kappa shape index (κ1) is 16.3. The van der Waals surface area contributed by atoms with Crippen LogP contribution in [-0.4, -0.2) is 66.1 Å². The van der Waals surface area contributed by atoms with Crippen molar-refractivity contribution in [3.05, 3.63) is 30.4 Å². The Morgan fingerprint density at radius 1 is 1.32 bits per heavy atom. The summed E-state index contributed by atoms with van der Waals surface area (Å²) < 4.78 is 1.72. The molecule has 25 heavy (non-hydrogen) atoms. The molecule has 2 aromatic heterocycles. The summed E-state index contributed by atoms with van der Waals surface area (Å²) in [5, 5.41) is 4.08. The number of hydrogen-bond donors (Lipinski definition) is 1. The van der Waals surface area contributed by atoms with E-state index in [0.29, 0.717) is 24.9 Å². The van der Waals surface area contributed by atoms with Gasteiger partial charge in [0.2, 0.25) is 5.91 Å². The van der Waals surface area contributed by atoms with E-state index in [4.69, 9.17) is 0 Å². The van der Waals surface area contributed by atoms with Crippen molar-refractivity contribution in [3.8, 4) is 0 Å². The number of rotatable bonds is 5. The number of piperidine rings is 1. The lowest BCUT2D eigenvalue weighted by Gasteiger charge is -2.36. The number of imidazole rings is 1. The zero-order valence-corrected chi connectivity index (χ0v) is 14.6. The highest BCUT2D eigenvalue weighted by atomic mass is 16.2. The molecule has 0 saturated carbocycles. The Hall–Kier alpha value is -2.22. The Balaban J connectivity index is 1.39. The molecule has 3 saturated heterocycles. The summed E-state index contributed by atoms with van der Waals surface area (Å²) in [5.41, 5.74) is 2.25. The predicted molar refractivity (Wildman–Crippen MR) is 91.5 cm³/mol. The molecule has 2 atom stereocenters. The van der Waals surface area contributed by atoms with Gasteiger partial charge in [-0.1, -0.05) is 0 Å². The summed E-state index contributed by atoms with van der Waals surface area (Å²) in [6.07, 6.45) is 7.74. The summed E-state index contributed by atoms with van der Waals surface area (Å²) in [6, 6.07) is 0.321. The van der Waals surface area contributed by atoms with Crippen LogP contribution in [0.3, 0.4) is 0 Å². The molecule has 3 aliphatic heterocycles. The Morgan fingerprint density at radius 2 is 2.24 bits per heavy atom. The molecule has 0 spiro atoms. The third-order valence-electron chi connectivity index (χ3n) is 5.44. The van der Waals surface area contributed by atoms with Gasteiger partial charge in [0.1, 0.15) is 12.7 Å². The van der Waals surface area contributed by atoms with E-state index in [2.05, 4.69) is 36.8 Å². The molecule has 5 heterocycles. The summed E-state index contributed by atoms with van der Waals surface area (Å²) in [6.45, 7) is 6.41. The first-order valence-electron chi connectivity index (χ1n) is 9.02. The van der Waals surface area contributed by atoms with Gasteiger partial charge in [0.15, 0.2) is 0 Å². The zero-order valence-electron chi connectivity index (χ0n) is 14.6. The van der Waals surface area contributed by atoms with Gasteiger partial charge in [0.05, 0.1) is 18.6 Å². The number of amides is 1. The number of aryl methyl sites for hydroxylation is 2. The molecule has 3 aliphatic rings. The SMILES string of the molecule is Cc1[nH]cnc1CN1C[C@@H]2CC[C@H](C1)N(C(=O)CCn1cncn1)C2. The van der Waals surface area contributed by atoms with E-state index in [1.165, 1.54) is 12.7 Å². The second-order valence-electron chi connectivity index (χ2n) is 7.22. The molecule has 8 nitrogen and oxygen atoms in total. The van der Waals surface area contributed by atoms with Gasteiger partial charge in [-0.2, -0.15) is 5.10 Å². The zero-order chi connectivity index (χ0) is 17.2. The van der Waals surface area contributed by atoms with Crippen molar-refractivity contribution in [2.45, 2.75) is 45.3 Å². The highest BCUT2D eigenvalue weighted by Gasteiger charge is 2.37. The van der Waals surface area contributed by atoms with Crippen molar-refractivity contribution in [2.24, 2.45) is 5.92 Å². The lowest BCUT2D eigenvalue weighted by molar-refractivity contribution is -0.135. The van der Waals surface area contributed by atoms with E-state index in [0.717, 1.165) is 44.0 Å². The van der Waals surface area contributed by atoms with Crippen LogP contribution in [0.15, 0.2) is 19.0 Å². The normalized spacial score (nSPS) is 23.8. The Bertz CT molecular complexity index is 710. The van der Waals surface area contributed by atoms with E-state index in [-0.39, 0.29) is 5.91 Å². The van der Waals surface area contributed by atoms with E-state index < -0.39 is 0 Å². The molecule has 0 unspecified atom stereocenters. The summed E-state index contributed by atoms with van der Waals surface area (Å²) in [5.74, 6) is 0.802. The van der Waals surface area contributed by atoms with Crippen LogP contribution in [0.4, 0.5) is 0 Å². The number of aromatic amines is 1. The summed E-state index contributed by atoms with van der Waals surface area (Å²) >= 11 is 0. The topological polar surface area (TPSA) is 82.9 Å². The van der Waals surface area contributed by atoms with Crippen molar-refractivity contribution in [3.63, 3.8) is 0 Å². The number of nitrogens with one attached hydrogen (secondary N) is 1. The standard InChI is InChI=1S/C17H25N7O/c1-13-16(20-11-19-13)9-22-6-14-2-3-15(8-22)24(7-14)17(25)4-5-23-12-18-10-21-23/h10-12,14-15H,2-9H2,1H3,(H,19,20)/t14-,15+/m0/s1. The first-order chi connectivity index (χ1) is 12.2. The molecule has 3 fully saturated rings. The molecule has 5 rings (SSSR count). The number of aromatic nitrogens is 5. The van der Waals surface area contributed by atoms with Gasteiger partial charge < -0.3 is 9.88 Å². The number of carbonyl (C=O) groups is 1. The maximum atomic E-state index is 12.7. The predicted octanol–water partition coefficient (Wildman–Crippen LogP) is 0.823. The number of nitrogens with zero attached hydrogens (tertiary/aromatic N) is 6. The van der Waals surface area contributed by atoms with Gasteiger partial charge in [0, 0.05) is 44.3 Å². The lowest BCUT2D eigenvalue weighted by Crippen LogP contribution is -2.47. The summed E-state index contributed by atoms with van der Waals surface area (Å²) in [4.78, 5) is 28.8. The number of fused-ring (bicyclic) bond motifs is 4. The molecule has 2 bridgehead atoms. The third-order valence-corrected chi connectivity index (χ3v) is 5.44. The second kappa shape index (κ2) is 6.95. The van der Waals surface area contributed by atoms with Crippen LogP contribution in [0, 0.1) is 12.8 Å². The molecule has 8 heteroatoms. The molecule has 1 amide bonds. The number of H-pyrrole nitrogens is 1. The molecule has 0 radical (unpaired) electrons. The van der Waals surface area contributed by atoms with Gasteiger partial charge in [-0.3, -0.25) is 14.4 Å². The van der Waals surface area contributed by atoms with Crippen molar-refractivity contribution in [1.82, 2.24) is 34.5 Å². The van der Waals surface area contributed by atoms with Crippen molar-refractivity contribution >= 4 is 5.91 Å². The van der Waals surface area contributed by atoms with Crippen LogP contribution in [0.25, 0.3) is 0 Å². The second-order valence-corrected chi connectivity index (χ2v) is 7.22. The quantitative estimate of drug-likeness (QED) is 0.869. The monoisotopic (exact) mass is 343 g/mol. The third kappa shape index (κ3) is 3.58. The van der Waals surface area contributed by atoms with Crippen molar-refractivity contribution in [1.29, 1.82) is 0 Å². The smallest absolute Gasteiger partial charge is 0.224 e. The minimum absolute atomic E-state index is 0.239. The van der Waals surface area contributed by atoms with Crippen LogP contribution in [0.5, 0.6) is 0 Å². The van der Waals surface area contributed by atoms with E-state index >= 15 is 0 Å². The van der Waals surface area contributed by atoms with Crippen molar-refractivity contribution < 1.29 is 4.79 Å². The van der Waals surface area contributed by atoms with E-state index in [1.54, 1.807) is 17.3 Å². The maximum Gasteiger partial charge on any atom is 0.224 e. The van der Waals surface area contributed by atoms with Crippen molar-refractivity contribution in [2.75, 3.05) is 19.6 Å². The molecule has 134 valence electrons. The lowest BCUT2D eigenvalue weighted by atomic mass is 9.94. The van der Waals surface area contributed by atoms with Crippen LogP contribution < -0.4 is 0 Å². The van der Waals surface area contributed by atoms with Crippen LogP contribution in [0.2, 0.25) is 0 Å². The average Bonchev–Trinajstić information content (AvgIpc) is 3.18.